The Labute approximate surface area is 54.5 Å². The van der Waals surface area contributed by atoms with Gasteiger partial charge in [-0.05, 0) is 6.92 Å². The van der Waals surface area contributed by atoms with Crippen molar-refractivity contribution in [2.24, 2.45) is 0 Å². The predicted octanol–water partition coefficient (Wildman–Crippen LogP) is 0.876. The van der Waals surface area contributed by atoms with Gasteiger partial charge in [0.15, 0.2) is 0 Å². The SMILES string of the molecule is C/C=C\ON(OC)OC. The lowest BCUT2D eigenvalue weighted by Crippen LogP contribution is -2.18. The molecule has 0 N–H and O–H groups in total. The maximum absolute atomic E-state index is 4.70. The number of hydrogen-bond donors (Lipinski definition) is 0. The summed E-state index contributed by atoms with van der Waals surface area (Å²) >= 11 is 0. The van der Waals surface area contributed by atoms with Crippen molar-refractivity contribution < 1.29 is 14.5 Å². The summed E-state index contributed by atoms with van der Waals surface area (Å²) < 4.78 is 0. The Hall–Kier alpha value is -0.580. The lowest BCUT2D eigenvalue weighted by molar-refractivity contribution is -0.492. The smallest absolute Gasteiger partial charge is 0.127 e. The van der Waals surface area contributed by atoms with Crippen LogP contribution in [0.4, 0.5) is 0 Å². The van der Waals surface area contributed by atoms with Crippen LogP contribution in [0.3, 0.4) is 0 Å². The summed E-state index contributed by atoms with van der Waals surface area (Å²) in [5.74, 6) is 0. The summed E-state index contributed by atoms with van der Waals surface area (Å²) in [5, 5.41) is 0.875. The molecule has 0 rings (SSSR count). The molecule has 4 heteroatoms. The van der Waals surface area contributed by atoms with Gasteiger partial charge in [-0.15, -0.1) is 0 Å². The molecule has 0 saturated carbocycles. The topological polar surface area (TPSA) is 30.9 Å². The molecule has 0 aromatic heterocycles. The molecule has 0 atom stereocenters. The van der Waals surface area contributed by atoms with Crippen molar-refractivity contribution in [2.45, 2.75) is 6.92 Å². The van der Waals surface area contributed by atoms with Crippen molar-refractivity contribution >= 4 is 0 Å². The fraction of sp³-hybridized carbons (Fsp3) is 0.600. The van der Waals surface area contributed by atoms with Gasteiger partial charge in [-0.25, -0.2) is 9.68 Å². The fourth-order valence-corrected chi connectivity index (χ4v) is 0.271. The Bertz CT molecular complexity index is 80.3. The Balaban J connectivity index is 3.31. The summed E-state index contributed by atoms with van der Waals surface area (Å²) in [6.07, 6.45) is 3.15. The Morgan fingerprint density at radius 2 is 1.78 bits per heavy atom. The molecule has 0 unspecified atom stereocenters. The third-order valence-corrected chi connectivity index (χ3v) is 0.581. The highest BCUT2D eigenvalue weighted by atomic mass is 17.2. The molecule has 54 valence electrons. The van der Waals surface area contributed by atoms with E-state index in [-0.39, 0.29) is 0 Å². The van der Waals surface area contributed by atoms with Gasteiger partial charge >= 0.3 is 0 Å². The van der Waals surface area contributed by atoms with Gasteiger partial charge in [0.05, 0.1) is 14.2 Å². The molecule has 9 heavy (non-hydrogen) atoms. The zero-order valence-electron chi connectivity index (χ0n) is 5.83. The van der Waals surface area contributed by atoms with E-state index in [0.29, 0.717) is 0 Å². The quantitative estimate of drug-likeness (QED) is 0.420. The van der Waals surface area contributed by atoms with Gasteiger partial charge in [0.2, 0.25) is 0 Å². The number of nitrogens with zero attached hydrogens (tertiary/aromatic N) is 1. The fourth-order valence-electron chi connectivity index (χ4n) is 0.271. The van der Waals surface area contributed by atoms with Crippen LogP contribution in [-0.2, 0) is 14.5 Å². The van der Waals surface area contributed by atoms with Crippen LogP contribution in [0.5, 0.6) is 0 Å². The summed E-state index contributed by atoms with van der Waals surface area (Å²) in [7, 11) is 2.88. The average molecular weight is 133 g/mol. The molecular formula is C5H11NO3. The largest absolute Gasteiger partial charge is 0.365 e. The molecule has 0 fully saturated rings. The van der Waals surface area contributed by atoms with Crippen molar-refractivity contribution in [1.82, 2.24) is 5.39 Å². The highest BCUT2D eigenvalue weighted by Crippen LogP contribution is 1.89. The van der Waals surface area contributed by atoms with E-state index in [2.05, 4.69) is 9.68 Å². The Morgan fingerprint density at radius 1 is 1.22 bits per heavy atom. The first-order valence-corrected chi connectivity index (χ1v) is 2.51. The van der Waals surface area contributed by atoms with Crippen LogP contribution in [-0.4, -0.2) is 19.6 Å². The lowest BCUT2D eigenvalue weighted by atomic mass is 10.7. The normalized spacial score (nSPS) is 11.1. The van der Waals surface area contributed by atoms with E-state index >= 15 is 0 Å². The second kappa shape index (κ2) is 5.55. The van der Waals surface area contributed by atoms with Gasteiger partial charge in [-0.3, -0.25) is 0 Å². The second-order valence-corrected chi connectivity index (χ2v) is 1.16. The van der Waals surface area contributed by atoms with Crippen LogP contribution in [0, 0.1) is 0 Å². The van der Waals surface area contributed by atoms with Gasteiger partial charge < -0.3 is 4.84 Å². The van der Waals surface area contributed by atoms with Crippen LogP contribution in [0.25, 0.3) is 0 Å². The van der Waals surface area contributed by atoms with Crippen molar-refractivity contribution in [3.05, 3.63) is 12.3 Å². The minimum absolute atomic E-state index is 0.875. The third kappa shape index (κ3) is 3.96. The average Bonchev–Trinajstić information content (AvgIpc) is 1.91. The van der Waals surface area contributed by atoms with Crippen molar-refractivity contribution in [3.8, 4) is 0 Å². The summed E-state index contributed by atoms with van der Waals surface area (Å²) in [4.78, 5) is 13.8. The van der Waals surface area contributed by atoms with Crippen molar-refractivity contribution in [2.75, 3.05) is 14.2 Å². The third-order valence-electron chi connectivity index (χ3n) is 0.581. The minimum atomic E-state index is 0.875. The van der Waals surface area contributed by atoms with E-state index in [1.165, 1.54) is 20.5 Å². The van der Waals surface area contributed by atoms with Crippen LogP contribution in [0.15, 0.2) is 12.3 Å². The molecule has 0 amide bonds. The second-order valence-electron chi connectivity index (χ2n) is 1.16. The minimum Gasteiger partial charge on any atom is -0.365 e. The molecule has 0 aromatic rings. The van der Waals surface area contributed by atoms with Crippen LogP contribution in [0.1, 0.15) is 6.92 Å². The molecule has 0 heterocycles. The van der Waals surface area contributed by atoms with Gasteiger partial charge in [0.1, 0.15) is 11.7 Å². The van der Waals surface area contributed by atoms with Gasteiger partial charge in [-0.1, -0.05) is 6.08 Å². The molecule has 0 spiro atoms. The molecule has 0 bridgehead atoms. The first-order chi connectivity index (χ1) is 4.35. The summed E-state index contributed by atoms with van der Waals surface area (Å²) in [6, 6.07) is 0. The predicted molar refractivity (Wildman–Crippen MR) is 31.8 cm³/mol. The number of allylic oxidation sites excluding steroid dienone is 1. The van der Waals surface area contributed by atoms with E-state index in [1.807, 2.05) is 6.92 Å². The molecule has 0 aliphatic rings. The Morgan fingerprint density at radius 3 is 2.11 bits per heavy atom. The highest BCUT2D eigenvalue weighted by molar-refractivity contribution is 4.62. The zero-order chi connectivity index (χ0) is 7.11. The van der Waals surface area contributed by atoms with E-state index < -0.39 is 0 Å². The van der Waals surface area contributed by atoms with E-state index in [9.17, 15) is 0 Å². The maximum Gasteiger partial charge on any atom is 0.127 e. The maximum atomic E-state index is 4.70. The van der Waals surface area contributed by atoms with Gasteiger partial charge in [-0.2, -0.15) is 0 Å². The van der Waals surface area contributed by atoms with Crippen LogP contribution >= 0.6 is 0 Å². The number of hydrogen-bond acceptors (Lipinski definition) is 4. The molecule has 0 radical (unpaired) electrons. The van der Waals surface area contributed by atoms with Crippen molar-refractivity contribution in [3.63, 3.8) is 0 Å². The lowest BCUT2D eigenvalue weighted by Gasteiger charge is -2.11. The first-order valence-electron chi connectivity index (χ1n) is 2.51. The van der Waals surface area contributed by atoms with E-state index in [4.69, 9.17) is 4.84 Å². The first kappa shape index (κ1) is 8.42. The summed E-state index contributed by atoms with van der Waals surface area (Å²) in [5.41, 5.74) is 0. The molecular weight excluding hydrogens is 122 g/mol. The van der Waals surface area contributed by atoms with E-state index in [0.717, 1.165) is 5.39 Å². The van der Waals surface area contributed by atoms with Crippen molar-refractivity contribution in [1.29, 1.82) is 0 Å². The Kier molecular flexibility index (Phi) is 5.20. The number of rotatable bonds is 4. The monoisotopic (exact) mass is 133 g/mol. The zero-order valence-corrected chi connectivity index (χ0v) is 5.83. The molecule has 0 aliphatic carbocycles. The van der Waals surface area contributed by atoms with E-state index in [1.54, 1.807) is 6.08 Å². The van der Waals surface area contributed by atoms with Gasteiger partial charge in [0.25, 0.3) is 0 Å². The summed E-state index contributed by atoms with van der Waals surface area (Å²) in [6.45, 7) is 1.82. The molecule has 0 saturated heterocycles. The highest BCUT2D eigenvalue weighted by Gasteiger charge is 1.95. The standard InChI is InChI=1S/C5H11NO3/c1-4-5-9-6(7-2)8-3/h4-5H,1-3H3/b5-4-. The molecule has 0 aromatic carbocycles. The molecule has 0 aliphatic heterocycles. The van der Waals surface area contributed by atoms with Crippen LogP contribution in [0.2, 0.25) is 0 Å². The van der Waals surface area contributed by atoms with Gasteiger partial charge in [0, 0.05) is 0 Å². The van der Waals surface area contributed by atoms with Crippen LogP contribution < -0.4 is 0 Å². The molecule has 4 nitrogen and oxygen atoms in total.